The fourth-order valence-electron chi connectivity index (χ4n) is 1.49. The Kier molecular flexibility index (Phi) is 4.36. The maximum absolute atomic E-state index is 5.73. The predicted molar refractivity (Wildman–Crippen MR) is 64.6 cm³/mol. The minimum atomic E-state index is 0. The standard InChI is InChI=1S/C10H12ClN3.ClH/c1-2-3-14-7-13-9-6-12-8(5-11)4-10(9)14;/h4,6-7H,2-3,5H2,1H3;1H. The number of rotatable bonds is 3. The Morgan fingerprint density at radius 3 is 2.87 bits per heavy atom. The zero-order chi connectivity index (χ0) is 9.97. The highest BCUT2D eigenvalue weighted by atomic mass is 35.5. The fourth-order valence-corrected chi connectivity index (χ4v) is 1.64. The summed E-state index contributed by atoms with van der Waals surface area (Å²) in [6, 6.07) is 2.00. The molecule has 3 nitrogen and oxygen atoms in total. The summed E-state index contributed by atoms with van der Waals surface area (Å²) in [6.45, 7) is 3.14. The second kappa shape index (κ2) is 5.33. The lowest BCUT2D eigenvalue weighted by Gasteiger charge is -2.01. The van der Waals surface area contributed by atoms with Crippen molar-refractivity contribution in [1.82, 2.24) is 14.5 Å². The van der Waals surface area contributed by atoms with Crippen molar-refractivity contribution >= 4 is 35.0 Å². The van der Waals surface area contributed by atoms with Crippen LogP contribution in [0, 0.1) is 0 Å². The van der Waals surface area contributed by atoms with E-state index < -0.39 is 0 Å². The molecule has 2 heterocycles. The lowest BCUT2D eigenvalue weighted by atomic mass is 10.3. The Morgan fingerprint density at radius 1 is 1.40 bits per heavy atom. The number of halogens is 2. The SMILES string of the molecule is CCCn1cnc2cnc(CCl)cc21.Cl. The highest BCUT2D eigenvalue weighted by Crippen LogP contribution is 2.14. The molecule has 0 unspecified atom stereocenters. The lowest BCUT2D eigenvalue weighted by Crippen LogP contribution is -1.95. The molecule has 82 valence electrons. The van der Waals surface area contributed by atoms with Crippen LogP contribution in [0.15, 0.2) is 18.6 Å². The molecule has 0 aliphatic carbocycles. The predicted octanol–water partition coefficient (Wildman–Crippen LogP) is 3.00. The fraction of sp³-hybridized carbons (Fsp3) is 0.400. The van der Waals surface area contributed by atoms with Gasteiger partial charge in [0, 0.05) is 6.54 Å². The van der Waals surface area contributed by atoms with E-state index in [0.29, 0.717) is 5.88 Å². The molecule has 2 aromatic rings. The summed E-state index contributed by atoms with van der Waals surface area (Å²) < 4.78 is 2.13. The van der Waals surface area contributed by atoms with Crippen LogP contribution in [0.5, 0.6) is 0 Å². The van der Waals surface area contributed by atoms with Crippen LogP contribution in [0.2, 0.25) is 0 Å². The van der Waals surface area contributed by atoms with Gasteiger partial charge in [-0.3, -0.25) is 4.98 Å². The molecule has 0 aliphatic heterocycles. The van der Waals surface area contributed by atoms with Gasteiger partial charge in [0.1, 0.15) is 5.52 Å². The molecule has 15 heavy (non-hydrogen) atoms. The van der Waals surface area contributed by atoms with Crippen LogP contribution >= 0.6 is 24.0 Å². The Hall–Kier alpha value is -0.800. The number of hydrogen-bond acceptors (Lipinski definition) is 2. The van der Waals surface area contributed by atoms with Gasteiger partial charge in [-0.2, -0.15) is 0 Å². The molecular formula is C10H13Cl2N3. The molecule has 5 heteroatoms. The van der Waals surface area contributed by atoms with Crippen molar-refractivity contribution < 1.29 is 0 Å². The molecule has 2 aromatic heterocycles. The van der Waals surface area contributed by atoms with Crippen LogP contribution in [-0.4, -0.2) is 14.5 Å². The van der Waals surface area contributed by atoms with Crippen molar-refractivity contribution in [3.8, 4) is 0 Å². The van der Waals surface area contributed by atoms with Crippen LogP contribution in [0.1, 0.15) is 19.0 Å². The average Bonchev–Trinajstić information content (AvgIpc) is 2.61. The zero-order valence-electron chi connectivity index (χ0n) is 8.48. The quantitative estimate of drug-likeness (QED) is 0.779. The molecule has 0 amide bonds. The third-order valence-electron chi connectivity index (χ3n) is 2.17. The Balaban J connectivity index is 0.00000112. The van der Waals surface area contributed by atoms with E-state index in [2.05, 4.69) is 21.5 Å². The lowest BCUT2D eigenvalue weighted by molar-refractivity contribution is 0.697. The maximum atomic E-state index is 5.73. The van der Waals surface area contributed by atoms with Crippen molar-refractivity contribution in [1.29, 1.82) is 0 Å². The van der Waals surface area contributed by atoms with Crippen LogP contribution in [-0.2, 0) is 12.4 Å². The minimum absolute atomic E-state index is 0. The Bertz CT molecular complexity index is 439. The summed E-state index contributed by atoms with van der Waals surface area (Å²) in [5, 5.41) is 0. The van der Waals surface area contributed by atoms with Crippen LogP contribution in [0.25, 0.3) is 11.0 Å². The Labute approximate surface area is 99.9 Å². The van der Waals surface area contributed by atoms with E-state index in [9.17, 15) is 0 Å². The zero-order valence-corrected chi connectivity index (χ0v) is 10.1. The molecular weight excluding hydrogens is 233 g/mol. The number of fused-ring (bicyclic) bond motifs is 1. The average molecular weight is 246 g/mol. The number of imidazole rings is 1. The van der Waals surface area contributed by atoms with Crippen LogP contribution < -0.4 is 0 Å². The van der Waals surface area contributed by atoms with Crippen LogP contribution in [0.4, 0.5) is 0 Å². The van der Waals surface area contributed by atoms with E-state index in [4.69, 9.17) is 11.6 Å². The van der Waals surface area contributed by atoms with Gasteiger partial charge in [0.25, 0.3) is 0 Å². The van der Waals surface area contributed by atoms with E-state index >= 15 is 0 Å². The van der Waals surface area contributed by atoms with Gasteiger partial charge >= 0.3 is 0 Å². The molecule has 2 rings (SSSR count). The van der Waals surface area contributed by atoms with E-state index in [0.717, 1.165) is 29.7 Å². The molecule has 0 aromatic carbocycles. The van der Waals surface area contributed by atoms with Gasteiger partial charge in [-0.25, -0.2) is 4.98 Å². The summed E-state index contributed by atoms with van der Waals surface area (Å²) in [5.74, 6) is 0.452. The summed E-state index contributed by atoms with van der Waals surface area (Å²) in [5.41, 5.74) is 2.96. The number of aromatic nitrogens is 3. The highest BCUT2D eigenvalue weighted by Gasteiger charge is 2.03. The molecule has 0 aliphatic rings. The van der Waals surface area contributed by atoms with Gasteiger partial charge in [-0.1, -0.05) is 6.92 Å². The first-order valence-electron chi connectivity index (χ1n) is 4.71. The minimum Gasteiger partial charge on any atom is -0.331 e. The first-order valence-corrected chi connectivity index (χ1v) is 5.24. The molecule has 0 radical (unpaired) electrons. The van der Waals surface area contributed by atoms with Crippen molar-refractivity contribution in [2.75, 3.05) is 0 Å². The third kappa shape index (κ3) is 2.41. The number of aryl methyl sites for hydroxylation is 1. The molecule has 0 saturated carbocycles. The molecule has 0 N–H and O–H groups in total. The molecule has 0 atom stereocenters. The number of pyridine rings is 1. The summed E-state index contributed by atoms with van der Waals surface area (Å²) in [4.78, 5) is 8.46. The monoisotopic (exact) mass is 245 g/mol. The van der Waals surface area contributed by atoms with Gasteiger partial charge < -0.3 is 4.57 Å². The smallest absolute Gasteiger partial charge is 0.107 e. The molecule has 0 bridgehead atoms. The van der Waals surface area contributed by atoms with E-state index in [1.165, 1.54) is 0 Å². The van der Waals surface area contributed by atoms with E-state index in [1.807, 2.05) is 12.4 Å². The van der Waals surface area contributed by atoms with Gasteiger partial charge in [-0.05, 0) is 12.5 Å². The summed E-state index contributed by atoms with van der Waals surface area (Å²) >= 11 is 5.73. The normalized spacial score (nSPS) is 10.3. The molecule has 0 spiro atoms. The van der Waals surface area contributed by atoms with E-state index in [-0.39, 0.29) is 12.4 Å². The van der Waals surface area contributed by atoms with Crippen LogP contribution in [0.3, 0.4) is 0 Å². The summed E-state index contributed by atoms with van der Waals surface area (Å²) in [7, 11) is 0. The second-order valence-electron chi connectivity index (χ2n) is 3.24. The maximum Gasteiger partial charge on any atom is 0.107 e. The van der Waals surface area contributed by atoms with Gasteiger partial charge in [0.15, 0.2) is 0 Å². The largest absolute Gasteiger partial charge is 0.331 e. The highest BCUT2D eigenvalue weighted by molar-refractivity contribution is 6.17. The number of nitrogens with zero attached hydrogens (tertiary/aromatic N) is 3. The van der Waals surface area contributed by atoms with Crippen molar-refractivity contribution in [3.63, 3.8) is 0 Å². The number of alkyl halides is 1. The second-order valence-corrected chi connectivity index (χ2v) is 3.50. The van der Waals surface area contributed by atoms with Gasteiger partial charge in [0.05, 0.1) is 29.6 Å². The first-order chi connectivity index (χ1) is 6.85. The third-order valence-corrected chi connectivity index (χ3v) is 2.44. The van der Waals surface area contributed by atoms with Gasteiger partial charge in [-0.15, -0.1) is 24.0 Å². The topological polar surface area (TPSA) is 30.7 Å². The first kappa shape index (κ1) is 12.3. The summed E-state index contributed by atoms with van der Waals surface area (Å²) in [6.07, 6.45) is 4.73. The van der Waals surface area contributed by atoms with Crippen molar-refractivity contribution in [3.05, 3.63) is 24.3 Å². The molecule has 0 fully saturated rings. The molecule has 0 saturated heterocycles. The Morgan fingerprint density at radius 2 is 2.20 bits per heavy atom. The van der Waals surface area contributed by atoms with Crippen molar-refractivity contribution in [2.45, 2.75) is 25.8 Å². The van der Waals surface area contributed by atoms with Crippen molar-refractivity contribution in [2.24, 2.45) is 0 Å². The van der Waals surface area contributed by atoms with E-state index in [1.54, 1.807) is 6.20 Å². The van der Waals surface area contributed by atoms with Gasteiger partial charge in [0.2, 0.25) is 0 Å². The number of hydrogen-bond donors (Lipinski definition) is 0.